The first kappa shape index (κ1) is 25.9. The van der Waals surface area contributed by atoms with Gasteiger partial charge < -0.3 is 33.2 Å². The predicted octanol–water partition coefficient (Wildman–Crippen LogP) is 3.93. The maximum atomic E-state index is 13.2. The Labute approximate surface area is 220 Å². The van der Waals surface area contributed by atoms with Gasteiger partial charge in [0.05, 0.1) is 24.8 Å². The number of fused-ring (bicyclic) bond motifs is 1. The summed E-state index contributed by atoms with van der Waals surface area (Å²) in [5, 5.41) is 0. The Kier molecular flexibility index (Phi) is 8.00. The van der Waals surface area contributed by atoms with E-state index >= 15 is 0 Å². The average molecular weight is 521 g/mol. The molecule has 0 aromatic heterocycles. The summed E-state index contributed by atoms with van der Waals surface area (Å²) in [6.45, 7) is 0.139. The largest absolute Gasteiger partial charge is 0.497 e. The summed E-state index contributed by atoms with van der Waals surface area (Å²) >= 11 is 0. The molecule has 0 amide bonds. The Bertz CT molecular complexity index is 1220. The first-order valence-corrected chi connectivity index (χ1v) is 12.2. The molecular formula is C29H28O9. The Morgan fingerprint density at radius 2 is 1.32 bits per heavy atom. The van der Waals surface area contributed by atoms with Crippen LogP contribution in [-0.2, 0) is 28.4 Å². The van der Waals surface area contributed by atoms with Gasteiger partial charge in [0.15, 0.2) is 24.8 Å². The van der Waals surface area contributed by atoms with Crippen LogP contribution in [0.2, 0.25) is 0 Å². The van der Waals surface area contributed by atoms with E-state index in [4.69, 9.17) is 33.2 Å². The molecule has 0 unspecified atom stereocenters. The van der Waals surface area contributed by atoms with Crippen LogP contribution in [0.1, 0.15) is 32.6 Å². The quantitative estimate of drug-likeness (QED) is 0.429. The molecule has 2 fully saturated rings. The lowest BCUT2D eigenvalue weighted by molar-refractivity contribution is -0.356. The van der Waals surface area contributed by atoms with Gasteiger partial charge in [-0.05, 0) is 36.4 Å². The first-order chi connectivity index (χ1) is 18.6. The van der Waals surface area contributed by atoms with Crippen molar-refractivity contribution in [2.75, 3.05) is 20.8 Å². The minimum absolute atomic E-state index is 0.139. The van der Waals surface area contributed by atoms with Crippen molar-refractivity contribution in [1.29, 1.82) is 0 Å². The molecule has 38 heavy (non-hydrogen) atoms. The highest BCUT2D eigenvalue weighted by Gasteiger charge is 2.54. The SMILES string of the molecule is COc1ccc([C@H]2OC[C@H]3O[C@H](OC)[C@H](OC(=O)c4ccccc4)[C@@H](OC(=O)c4ccccc4)[C@H]3O2)cc1. The summed E-state index contributed by atoms with van der Waals surface area (Å²) in [7, 11) is 3.01. The molecule has 2 heterocycles. The molecule has 2 aliphatic heterocycles. The Balaban J connectivity index is 1.45. The molecule has 6 atom stereocenters. The summed E-state index contributed by atoms with van der Waals surface area (Å²) in [5.74, 6) is -0.517. The van der Waals surface area contributed by atoms with Gasteiger partial charge >= 0.3 is 11.9 Å². The van der Waals surface area contributed by atoms with Gasteiger partial charge in [-0.3, -0.25) is 0 Å². The first-order valence-electron chi connectivity index (χ1n) is 12.2. The molecule has 5 rings (SSSR count). The minimum Gasteiger partial charge on any atom is -0.497 e. The van der Waals surface area contributed by atoms with E-state index in [9.17, 15) is 9.59 Å². The summed E-state index contributed by atoms with van der Waals surface area (Å²) in [6, 6.07) is 24.3. The Morgan fingerprint density at radius 1 is 0.737 bits per heavy atom. The van der Waals surface area contributed by atoms with E-state index in [1.165, 1.54) is 7.11 Å². The van der Waals surface area contributed by atoms with Gasteiger partial charge in [-0.25, -0.2) is 9.59 Å². The zero-order chi connectivity index (χ0) is 26.5. The average Bonchev–Trinajstić information content (AvgIpc) is 2.98. The van der Waals surface area contributed by atoms with E-state index in [1.807, 2.05) is 12.1 Å². The second-order valence-corrected chi connectivity index (χ2v) is 8.79. The molecule has 9 heteroatoms. The fraction of sp³-hybridized carbons (Fsp3) is 0.310. The second-order valence-electron chi connectivity index (χ2n) is 8.79. The standard InChI is InChI=1S/C29H28O9/c1-32-21-15-13-20(14-16-21)28-34-17-22-23(38-28)24(36-26(30)18-9-5-3-6-10-18)25(29(33-2)35-22)37-27(31)19-11-7-4-8-12-19/h3-16,22-25,28-29H,17H2,1-2H3/t22-,23+,24+,25-,28+,29+/m1/s1. The van der Waals surface area contributed by atoms with Gasteiger partial charge in [-0.2, -0.15) is 0 Å². The van der Waals surface area contributed by atoms with E-state index in [1.54, 1.807) is 79.9 Å². The van der Waals surface area contributed by atoms with Crippen LogP contribution in [0.25, 0.3) is 0 Å². The molecule has 0 spiro atoms. The topological polar surface area (TPSA) is 98.8 Å². The van der Waals surface area contributed by atoms with Crippen LogP contribution in [0.15, 0.2) is 84.9 Å². The number of benzene rings is 3. The van der Waals surface area contributed by atoms with Crippen LogP contribution >= 0.6 is 0 Å². The van der Waals surface area contributed by atoms with E-state index in [-0.39, 0.29) is 6.61 Å². The second kappa shape index (κ2) is 11.7. The van der Waals surface area contributed by atoms with E-state index in [0.29, 0.717) is 16.9 Å². The van der Waals surface area contributed by atoms with Crippen molar-refractivity contribution in [3.63, 3.8) is 0 Å². The van der Waals surface area contributed by atoms with Crippen LogP contribution in [0.4, 0.5) is 0 Å². The lowest BCUT2D eigenvalue weighted by Gasteiger charge is -2.47. The molecule has 3 aromatic rings. The van der Waals surface area contributed by atoms with Gasteiger partial charge in [-0.1, -0.05) is 48.5 Å². The van der Waals surface area contributed by atoms with Crippen LogP contribution in [-0.4, -0.2) is 63.5 Å². The number of ether oxygens (including phenoxy) is 7. The molecule has 0 bridgehead atoms. The zero-order valence-corrected chi connectivity index (χ0v) is 20.9. The number of hydrogen-bond donors (Lipinski definition) is 0. The Morgan fingerprint density at radius 3 is 1.87 bits per heavy atom. The maximum absolute atomic E-state index is 13.2. The van der Waals surface area contributed by atoms with Gasteiger partial charge in [0.25, 0.3) is 0 Å². The van der Waals surface area contributed by atoms with E-state index in [2.05, 4.69) is 0 Å². The van der Waals surface area contributed by atoms with Crippen LogP contribution in [0.5, 0.6) is 5.75 Å². The van der Waals surface area contributed by atoms with Gasteiger partial charge in [-0.15, -0.1) is 0 Å². The molecule has 0 radical (unpaired) electrons. The summed E-state index contributed by atoms with van der Waals surface area (Å²) in [4.78, 5) is 26.2. The van der Waals surface area contributed by atoms with Gasteiger partial charge in [0, 0.05) is 12.7 Å². The smallest absolute Gasteiger partial charge is 0.338 e. The fourth-order valence-electron chi connectivity index (χ4n) is 4.46. The van der Waals surface area contributed by atoms with Crippen LogP contribution in [0.3, 0.4) is 0 Å². The van der Waals surface area contributed by atoms with Crippen molar-refractivity contribution in [2.45, 2.75) is 37.0 Å². The normalized spacial score (nSPS) is 26.6. The number of esters is 2. The van der Waals surface area contributed by atoms with Gasteiger partial charge in [0.2, 0.25) is 0 Å². The summed E-state index contributed by atoms with van der Waals surface area (Å²) in [6.07, 6.45) is -5.42. The van der Waals surface area contributed by atoms with E-state index < -0.39 is 48.9 Å². The number of rotatable bonds is 7. The lowest BCUT2D eigenvalue weighted by atomic mass is 9.97. The minimum atomic E-state index is -1.11. The summed E-state index contributed by atoms with van der Waals surface area (Å²) < 4.78 is 40.9. The third kappa shape index (κ3) is 5.56. The highest BCUT2D eigenvalue weighted by Crippen LogP contribution is 2.37. The molecule has 3 aromatic carbocycles. The number of carbonyl (C=O) groups excluding carboxylic acids is 2. The molecule has 2 aliphatic rings. The fourth-order valence-corrected chi connectivity index (χ4v) is 4.46. The zero-order valence-electron chi connectivity index (χ0n) is 20.9. The Hall–Kier alpha value is -3.76. The maximum Gasteiger partial charge on any atom is 0.338 e. The third-order valence-corrected chi connectivity index (χ3v) is 6.41. The highest BCUT2D eigenvalue weighted by molar-refractivity contribution is 5.90. The van der Waals surface area contributed by atoms with Crippen molar-refractivity contribution in [1.82, 2.24) is 0 Å². The number of methoxy groups -OCH3 is 2. The molecule has 0 N–H and O–H groups in total. The van der Waals surface area contributed by atoms with Crippen LogP contribution in [0, 0.1) is 0 Å². The predicted molar refractivity (Wildman–Crippen MR) is 134 cm³/mol. The molecule has 2 saturated heterocycles. The molecule has 0 saturated carbocycles. The van der Waals surface area contributed by atoms with Crippen molar-refractivity contribution >= 4 is 11.9 Å². The lowest BCUT2D eigenvalue weighted by Crippen LogP contribution is -2.64. The van der Waals surface area contributed by atoms with Crippen LogP contribution < -0.4 is 4.74 Å². The highest BCUT2D eigenvalue weighted by atomic mass is 16.8. The molecule has 198 valence electrons. The molecule has 9 nitrogen and oxygen atoms in total. The third-order valence-electron chi connectivity index (χ3n) is 6.41. The van der Waals surface area contributed by atoms with Crippen molar-refractivity contribution in [3.8, 4) is 5.75 Å². The monoisotopic (exact) mass is 520 g/mol. The number of hydrogen-bond acceptors (Lipinski definition) is 9. The van der Waals surface area contributed by atoms with Crippen molar-refractivity contribution < 1.29 is 42.7 Å². The van der Waals surface area contributed by atoms with Gasteiger partial charge in [0.1, 0.15) is 18.0 Å². The summed E-state index contributed by atoms with van der Waals surface area (Å²) in [5.41, 5.74) is 1.42. The molecule has 0 aliphatic carbocycles. The van der Waals surface area contributed by atoms with Crippen molar-refractivity contribution in [3.05, 3.63) is 102 Å². The number of carbonyl (C=O) groups is 2. The molecular weight excluding hydrogens is 492 g/mol. The van der Waals surface area contributed by atoms with E-state index in [0.717, 1.165) is 5.56 Å². The van der Waals surface area contributed by atoms with Crippen molar-refractivity contribution in [2.24, 2.45) is 0 Å².